The van der Waals surface area contributed by atoms with E-state index >= 15 is 0 Å². The molecule has 0 saturated carbocycles. The molecular formula is C16H23N2O2+. The molecule has 4 heteroatoms. The van der Waals surface area contributed by atoms with Crippen LogP contribution in [0.1, 0.15) is 52.2 Å². The summed E-state index contributed by atoms with van der Waals surface area (Å²) in [5, 5.41) is 9.73. The summed E-state index contributed by atoms with van der Waals surface area (Å²) in [7, 11) is 0. The molecule has 1 N–H and O–H groups in total. The summed E-state index contributed by atoms with van der Waals surface area (Å²) < 4.78 is 3.83. The summed E-state index contributed by atoms with van der Waals surface area (Å²) in [6, 6.07) is 7.86. The Balaban J connectivity index is 3.06. The van der Waals surface area contributed by atoms with Crippen molar-refractivity contribution in [3.63, 3.8) is 0 Å². The summed E-state index contributed by atoms with van der Waals surface area (Å²) in [4.78, 5) is 11.9. The van der Waals surface area contributed by atoms with Gasteiger partial charge in [-0.3, -0.25) is 0 Å². The molecule has 1 aromatic heterocycles. The fourth-order valence-electron chi connectivity index (χ4n) is 2.72. The average Bonchev–Trinajstić information content (AvgIpc) is 2.62. The van der Waals surface area contributed by atoms with Crippen molar-refractivity contribution in [3.8, 4) is 0 Å². The summed E-state index contributed by atoms with van der Waals surface area (Å²) in [6.07, 6.45) is 0. The first-order valence-corrected chi connectivity index (χ1v) is 6.85. The Kier molecular flexibility index (Phi) is 3.16. The Bertz CT molecular complexity index is 619. The molecule has 1 heterocycles. The van der Waals surface area contributed by atoms with Crippen LogP contribution in [-0.2, 0) is 11.1 Å². The van der Waals surface area contributed by atoms with E-state index in [1.165, 1.54) is 0 Å². The average molecular weight is 275 g/mol. The molecular weight excluding hydrogens is 252 g/mol. The summed E-state index contributed by atoms with van der Waals surface area (Å²) in [5.41, 5.74) is 1.30. The zero-order chi connectivity index (χ0) is 15.3. The monoisotopic (exact) mass is 275 g/mol. The Hall–Kier alpha value is -1.84. The van der Waals surface area contributed by atoms with Crippen LogP contribution in [0.3, 0.4) is 0 Å². The first-order valence-electron chi connectivity index (χ1n) is 6.85. The van der Waals surface area contributed by atoms with Gasteiger partial charge in [0.05, 0.1) is 0 Å². The van der Waals surface area contributed by atoms with E-state index in [1.807, 2.05) is 74.9 Å². The van der Waals surface area contributed by atoms with Crippen LogP contribution in [-0.4, -0.2) is 15.6 Å². The standard InChI is InChI=1S/C16H22N2O2/c1-15(2,3)17-11-9-7-8-10-12(11)18(16(4,5)6)13(17)14(19)20/h7-10H,1-6H3/p+1. The first kappa shape index (κ1) is 14.6. The molecule has 0 saturated heterocycles. The number of imidazole rings is 1. The lowest BCUT2D eigenvalue weighted by atomic mass is 10.1. The number of aromatic carboxylic acids is 1. The van der Waals surface area contributed by atoms with E-state index in [0.29, 0.717) is 5.82 Å². The highest BCUT2D eigenvalue weighted by Crippen LogP contribution is 2.26. The van der Waals surface area contributed by atoms with E-state index in [-0.39, 0.29) is 11.1 Å². The molecule has 108 valence electrons. The van der Waals surface area contributed by atoms with Crippen molar-refractivity contribution in [1.82, 2.24) is 4.57 Å². The van der Waals surface area contributed by atoms with Crippen molar-refractivity contribution in [2.45, 2.75) is 52.6 Å². The maximum atomic E-state index is 11.9. The van der Waals surface area contributed by atoms with Gasteiger partial charge in [-0.25, -0.2) is 13.9 Å². The molecule has 0 amide bonds. The largest absolute Gasteiger partial charge is 0.472 e. The van der Waals surface area contributed by atoms with Crippen LogP contribution >= 0.6 is 0 Å². The van der Waals surface area contributed by atoms with E-state index in [0.717, 1.165) is 11.0 Å². The van der Waals surface area contributed by atoms with Crippen LogP contribution in [0.4, 0.5) is 0 Å². The second-order valence-electron chi connectivity index (χ2n) is 7.13. The fraction of sp³-hybridized carbons (Fsp3) is 0.500. The van der Waals surface area contributed by atoms with E-state index in [1.54, 1.807) is 0 Å². The number of nitrogens with zero attached hydrogens (tertiary/aromatic N) is 2. The molecule has 0 unspecified atom stereocenters. The quantitative estimate of drug-likeness (QED) is 0.813. The maximum absolute atomic E-state index is 11.9. The number of para-hydroxylation sites is 2. The normalized spacial score (nSPS) is 12.9. The lowest BCUT2D eigenvalue weighted by Gasteiger charge is -2.19. The summed E-state index contributed by atoms with van der Waals surface area (Å²) in [6.45, 7) is 12.2. The van der Waals surface area contributed by atoms with E-state index in [4.69, 9.17) is 0 Å². The van der Waals surface area contributed by atoms with Gasteiger partial charge in [-0.05, 0) is 53.7 Å². The van der Waals surface area contributed by atoms with Crippen molar-refractivity contribution >= 4 is 17.0 Å². The number of fused-ring (bicyclic) bond motifs is 1. The lowest BCUT2D eigenvalue weighted by molar-refractivity contribution is -0.733. The SMILES string of the molecule is CC(C)(C)n1c(C(=O)O)[n+](C(C)(C)C)c2ccccc21. The zero-order valence-corrected chi connectivity index (χ0v) is 13.1. The fourth-order valence-corrected chi connectivity index (χ4v) is 2.72. The molecule has 0 spiro atoms. The van der Waals surface area contributed by atoms with Gasteiger partial charge in [0, 0.05) is 0 Å². The Labute approximate surface area is 119 Å². The number of hydrogen-bond acceptors (Lipinski definition) is 1. The molecule has 0 bridgehead atoms. The number of rotatable bonds is 1. The summed E-state index contributed by atoms with van der Waals surface area (Å²) >= 11 is 0. The minimum atomic E-state index is -0.897. The van der Waals surface area contributed by atoms with Gasteiger partial charge >= 0.3 is 11.8 Å². The molecule has 0 atom stereocenters. The summed E-state index contributed by atoms with van der Waals surface area (Å²) in [5.74, 6) is -0.572. The van der Waals surface area contributed by atoms with Crippen LogP contribution in [0.15, 0.2) is 24.3 Å². The van der Waals surface area contributed by atoms with Gasteiger partial charge in [0.15, 0.2) is 11.0 Å². The van der Waals surface area contributed by atoms with Crippen molar-refractivity contribution in [1.29, 1.82) is 0 Å². The van der Waals surface area contributed by atoms with Gasteiger partial charge in [-0.1, -0.05) is 12.1 Å². The molecule has 4 nitrogen and oxygen atoms in total. The van der Waals surface area contributed by atoms with Crippen LogP contribution in [0.2, 0.25) is 0 Å². The maximum Gasteiger partial charge on any atom is 0.419 e. The molecule has 1 aromatic carbocycles. The predicted molar refractivity (Wildman–Crippen MR) is 79.1 cm³/mol. The van der Waals surface area contributed by atoms with Gasteiger partial charge in [0.2, 0.25) is 0 Å². The molecule has 0 aliphatic carbocycles. The van der Waals surface area contributed by atoms with Crippen molar-refractivity contribution in [3.05, 3.63) is 30.1 Å². The smallest absolute Gasteiger partial charge is 0.419 e. The molecule has 0 radical (unpaired) electrons. The minimum Gasteiger partial charge on any atom is -0.472 e. The van der Waals surface area contributed by atoms with Crippen molar-refractivity contribution < 1.29 is 14.5 Å². The molecule has 0 aliphatic heterocycles. The number of carboxylic acid groups (broad SMARTS) is 1. The third-order valence-electron chi connectivity index (χ3n) is 3.32. The second kappa shape index (κ2) is 4.33. The van der Waals surface area contributed by atoms with Gasteiger partial charge < -0.3 is 5.11 Å². The molecule has 2 rings (SSSR count). The predicted octanol–water partition coefficient (Wildman–Crippen LogP) is 3.14. The highest BCUT2D eigenvalue weighted by atomic mass is 16.4. The van der Waals surface area contributed by atoms with Crippen molar-refractivity contribution in [2.75, 3.05) is 0 Å². The Morgan fingerprint density at radius 2 is 1.65 bits per heavy atom. The van der Waals surface area contributed by atoms with Gasteiger partial charge in [0.25, 0.3) is 0 Å². The van der Waals surface area contributed by atoms with Crippen LogP contribution in [0.25, 0.3) is 11.0 Å². The minimum absolute atomic E-state index is 0.302. The van der Waals surface area contributed by atoms with Crippen LogP contribution in [0, 0.1) is 0 Å². The van der Waals surface area contributed by atoms with E-state index in [2.05, 4.69) is 0 Å². The Morgan fingerprint density at radius 1 is 1.10 bits per heavy atom. The lowest BCUT2D eigenvalue weighted by Crippen LogP contribution is -2.54. The zero-order valence-electron chi connectivity index (χ0n) is 13.1. The molecule has 0 fully saturated rings. The second-order valence-corrected chi connectivity index (χ2v) is 7.13. The number of carboxylic acids is 1. The van der Waals surface area contributed by atoms with Crippen LogP contribution < -0.4 is 4.57 Å². The van der Waals surface area contributed by atoms with Crippen LogP contribution in [0.5, 0.6) is 0 Å². The first-order chi connectivity index (χ1) is 9.05. The van der Waals surface area contributed by atoms with Gasteiger partial charge in [0.1, 0.15) is 11.1 Å². The number of benzene rings is 1. The van der Waals surface area contributed by atoms with Gasteiger partial charge in [-0.2, -0.15) is 0 Å². The Morgan fingerprint density at radius 3 is 2.10 bits per heavy atom. The third-order valence-corrected chi connectivity index (χ3v) is 3.32. The third kappa shape index (κ3) is 2.19. The highest BCUT2D eigenvalue weighted by Gasteiger charge is 2.40. The molecule has 2 aromatic rings. The molecule has 20 heavy (non-hydrogen) atoms. The topological polar surface area (TPSA) is 46.1 Å². The van der Waals surface area contributed by atoms with Gasteiger partial charge in [-0.15, -0.1) is 0 Å². The number of aromatic nitrogens is 2. The number of hydrogen-bond donors (Lipinski definition) is 1. The van der Waals surface area contributed by atoms with E-state index < -0.39 is 5.97 Å². The highest BCUT2D eigenvalue weighted by molar-refractivity contribution is 5.87. The number of carbonyl (C=O) groups is 1. The van der Waals surface area contributed by atoms with Crippen molar-refractivity contribution in [2.24, 2.45) is 0 Å². The molecule has 0 aliphatic rings. The van der Waals surface area contributed by atoms with E-state index in [9.17, 15) is 9.90 Å².